The molecule has 0 amide bonds. The summed E-state index contributed by atoms with van der Waals surface area (Å²) in [7, 11) is 0. The van der Waals surface area contributed by atoms with E-state index in [1.165, 1.54) is 0 Å². The summed E-state index contributed by atoms with van der Waals surface area (Å²) in [6.07, 6.45) is 3.63. The quantitative estimate of drug-likeness (QED) is 0.661. The largest absolute Gasteiger partial charge is 0.384 e. The van der Waals surface area contributed by atoms with Crippen LogP contribution in [-0.4, -0.2) is 23.1 Å². The van der Waals surface area contributed by atoms with Crippen molar-refractivity contribution in [1.29, 1.82) is 0 Å². The molecule has 0 aliphatic rings. The van der Waals surface area contributed by atoms with Crippen LogP contribution in [0.2, 0.25) is 5.15 Å². The highest BCUT2D eigenvalue weighted by Crippen LogP contribution is 2.20. The van der Waals surface area contributed by atoms with Gasteiger partial charge >= 0.3 is 0 Å². The second-order valence-corrected chi connectivity index (χ2v) is 7.54. The van der Waals surface area contributed by atoms with E-state index in [9.17, 15) is 0 Å². The van der Waals surface area contributed by atoms with Crippen molar-refractivity contribution in [2.45, 2.75) is 52.6 Å². The summed E-state index contributed by atoms with van der Waals surface area (Å²) in [6, 6.07) is 7.65. The molecule has 2 aromatic heterocycles. The van der Waals surface area contributed by atoms with Gasteiger partial charge in [-0.05, 0) is 64.0 Å². The van der Waals surface area contributed by atoms with Gasteiger partial charge in [0.15, 0.2) is 0 Å². The van der Waals surface area contributed by atoms with Gasteiger partial charge in [-0.15, -0.1) is 0 Å². The minimum Gasteiger partial charge on any atom is -0.384 e. The average Bonchev–Trinajstić information content (AvgIpc) is 2.56. The number of nitrogens with two attached hydrogens (primary N) is 1. The van der Waals surface area contributed by atoms with Gasteiger partial charge in [-0.25, -0.2) is 9.97 Å². The van der Waals surface area contributed by atoms with E-state index in [1.54, 1.807) is 0 Å². The third-order valence-electron chi connectivity index (χ3n) is 4.19. The average molecular weight is 378 g/mol. The van der Waals surface area contributed by atoms with Crippen LogP contribution in [0, 0.1) is 0 Å². The first-order valence-corrected chi connectivity index (χ1v) is 9.34. The number of hydrogen-bond acceptors (Lipinski definition) is 5. The zero-order valence-electron chi connectivity index (χ0n) is 16.7. The predicted octanol–water partition coefficient (Wildman–Crippen LogP) is 4.09. The fraction of sp³-hybridized carbons (Fsp3) is 0.500. The Morgan fingerprint density at radius 3 is 1.65 bits per heavy atom. The summed E-state index contributed by atoms with van der Waals surface area (Å²) < 4.78 is 0. The first kappa shape index (κ1) is 22.4. The minimum absolute atomic E-state index is 0.0323. The fourth-order valence-electron chi connectivity index (χ4n) is 2.61. The normalized spacial score (nSPS) is 11.7. The van der Waals surface area contributed by atoms with Gasteiger partial charge in [0.05, 0.1) is 0 Å². The molecule has 5 nitrogen and oxygen atoms in total. The molecule has 26 heavy (non-hydrogen) atoms. The molecule has 4 N–H and O–H groups in total. The van der Waals surface area contributed by atoms with E-state index in [0.29, 0.717) is 11.0 Å². The Balaban J connectivity index is 0.000000260. The Kier molecular flexibility index (Phi) is 8.47. The number of halogens is 1. The van der Waals surface area contributed by atoms with E-state index in [2.05, 4.69) is 62.1 Å². The van der Waals surface area contributed by atoms with Crippen LogP contribution in [0.5, 0.6) is 0 Å². The molecule has 0 spiro atoms. The maximum Gasteiger partial charge on any atom is 0.129 e. The van der Waals surface area contributed by atoms with Crippen molar-refractivity contribution in [1.82, 2.24) is 20.6 Å². The second kappa shape index (κ2) is 9.86. The number of aromatic nitrogens is 2. The number of nitrogens with one attached hydrogen (secondary N) is 2. The third kappa shape index (κ3) is 6.90. The molecule has 0 saturated heterocycles. The first-order valence-electron chi connectivity index (χ1n) is 8.96. The molecule has 2 aromatic rings. The van der Waals surface area contributed by atoms with Crippen LogP contribution < -0.4 is 16.4 Å². The highest BCUT2D eigenvalue weighted by atomic mass is 35.5. The molecule has 2 heterocycles. The number of hydrogen-bond donors (Lipinski definition) is 3. The number of nitrogen functional groups attached to an aromatic ring is 1. The van der Waals surface area contributed by atoms with Crippen LogP contribution >= 0.6 is 11.6 Å². The lowest BCUT2D eigenvalue weighted by atomic mass is 9.96. The summed E-state index contributed by atoms with van der Waals surface area (Å²) in [5, 5.41) is 7.29. The fourth-order valence-corrected chi connectivity index (χ4v) is 2.72. The molecular formula is C20H32ClN5. The SMILES string of the molecule is CCNC(C)(C)c1ccc(Cl)nc1.CCNC(C)(C)c1ccc(N)nc1. The molecular weight excluding hydrogens is 346 g/mol. The molecule has 0 aromatic carbocycles. The minimum atomic E-state index is -0.0354. The standard InChI is InChI=1S/C10H15ClN2.C10H17N3/c2*1-4-13-10(2,3)8-5-6-9(11)12-7-8/h5-7,13H,4H2,1-3H3;5-7,13H,4H2,1-3H3,(H2,11,12). The van der Waals surface area contributed by atoms with Gasteiger partial charge in [0, 0.05) is 23.5 Å². The van der Waals surface area contributed by atoms with Gasteiger partial charge in [0.1, 0.15) is 11.0 Å². The highest BCUT2D eigenvalue weighted by Gasteiger charge is 2.19. The van der Waals surface area contributed by atoms with Gasteiger partial charge in [-0.2, -0.15) is 0 Å². The molecule has 0 aliphatic carbocycles. The number of pyridine rings is 2. The maximum absolute atomic E-state index is 5.71. The smallest absolute Gasteiger partial charge is 0.129 e. The summed E-state index contributed by atoms with van der Waals surface area (Å²) in [4.78, 5) is 8.12. The zero-order valence-corrected chi connectivity index (χ0v) is 17.5. The summed E-state index contributed by atoms with van der Waals surface area (Å²) in [5.41, 5.74) is 7.75. The topological polar surface area (TPSA) is 75.9 Å². The second-order valence-electron chi connectivity index (χ2n) is 7.15. The Hall–Kier alpha value is -1.69. The third-order valence-corrected chi connectivity index (χ3v) is 4.42. The lowest BCUT2D eigenvalue weighted by molar-refractivity contribution is 0.414. The van der Waals surface area contributed by atoms with E-state index in [1.807, 2.05) is 36.7 Å². The van der Waals surface area contributed by atoms with E-state index in [-0.39, 0.29) is 11.1 Å². The lowest BCUT2D eigenvalue weighted by Gasteiger charge is -2.25. The van der Waals surface area contributed by atoms with E-state index >= 15 is 0 Å². The molecule has 2 rings (SSSR count). The maximum atomic E-state index is 5.71. The molecule has 0 fully saturated rings. The van der Waals surface area contributed by atoms with Crippen molar-refractivity contribution in [3.8, 4) is 0 Å². The zero-order chi connectivity index (χ0) is 19.8. The van der Waals surface area contributed by atoms with Crippen molar-refractivity contribution in [2.24, 2.45) is 0 Å². The Labute approximate surface area is 162 Å². The van der Waals surface area contributed by atoms with Crippen molar-refractivity contribution in [3.05, 3.63) is 52.9 Å². The number of anilines is 1. The molecule has 0 radical (unpaired) electrons. The molecule has 0 atom stereocenters. The first-order chi connectivity index (χ1) is 12.1. The van der Waals surface area contributed by atoms with Gasteiger partial charge in [0.2, 0.25) is 0 Å². The lowest BCUT2D eigenvalue weighted by Crippen LogP contribution is -2.36. The monoisotopic (exact) mass is 377 g/mol. The predicted molar refractivity (Wildman–Crippen MR) is 111 cm³/mol. The van der Waals surface area contributed by atoms with Gasteiger partial charge < -0.3 is 16.4 Å². The van der Waals surface area contributed by atoms with E-state index < -0.39 is 0 Å². The van der Waals surface area contributed by atoms with Crippen LogP contribution in [-0.2, 0) is 11.1 Å². The van der Waals surface area contributed by atoms with Gasteiger partial charge in [-0.3, -0.25) is 0 Å². The van der Waals surface area contributed by atoms with Gasteiger partial charge in [0.25, 0.3) is 0 Å². The summed E-state index contributed by atoms with van der Waals surface area (Å²) in [6.45, 7) is 14.6. The van der Waals surface area contributed by atoms with Crippen molar-refractivity contribution in [3.63, 3.8) is 0 Å². The van der Waals surface area contributed by atoms with Crippen LogP contribution in [0.15, 0.2) is 36.7 Å². The number of rotatable bonds is 6. The van der Waals surface area contributed by atoms with Crippen LogP contribution in [0.25, 0.3) is 0 Å². The summed E-state index contributed by atoms with van der Waals surface area (Å²) >= 11 is 5.71. The Bertz CT molecular complexity index is 591. The molecule has 0 aliphatic heterocycles. The summed E-state index contributed by atoms with van der Waals surface area (Å²) in [5.74, 6) is 0.566. The Morgan fingerprint density at radius 1 is 0.846 bits per heavy atom. The molecule has 6 heteroatoms. The van der Waals surface area contributed by atoms with Crippen molar-refractivity contribution >= 4 is 17.4 Å². The van der Waals surface area contributed by atoms with Crippen molar-refractivity contribution in [2.75, 3.05) is 18.8 Å². The molecule has 0 saturated carbocycles. The molecule has 0 unspecified atom stereocenters. The molecule has 144 valence electrons. The van der Waals surface area contributed by atoms with Gasteiger partial charge in [-0.1, -0.05) is 37.6 Å². The van der Waals surface area contributed by atoms with E-state index in [0.717, 1.165) is 24.2 Å². The highest BCUT2D eigenvalue weighted by molar-refractivity contribution is 6.29. The van der Waals surface area contributed by atoms with Crippen LogP contribution in [0.4, 0.5) is 5.82 Å². The van der Waals surface area contributed by atoms with E-state index in [4.69, 9.17) is 17.3 Å². The molecule has 0 bridgehead atoms. The van der Waals surface area contributed by atoms with Crippen LogP contribution in [0.3, 0.4) is 0 Å². The van der Waals surface area contributed by atoms with Crippen LogP contribution in [0.1, 0.15) is 52.7 Å². The number of nitrogens with zero attached hydrogens (tertiary/aromatic N) is 2. The van der Waals surface area contributed by atoms with Crippen molar-refractivity contribution < 1.29 is 0 Å². The Morgan fingerprint density at radius 2 is 1.31 bits per heavy atom.